The number of benzene rings is 1. The van der Waals surface area contributed by atoms with Crippen LogP contribution >= 0.6 is 0 Å². The van der Waals surface area contributed by atoms with Crippen LogP contribution in [0.2, 0.25) is 0 Å². The molecule has 0 spiro atoms. The maximum absolute atomic E-state index is 5.51. The van der Waals surface area contributed by atoms with Crippen molar-refractivity contribution in [2.45, 2.75) is 20.0 Å². The molecule has 0 aliphatic heterocycles. The Morgan fingerprint density at radius 3 is 2.00 bits per heavy atom. The van der Waals surface area contributed by atoms with Crippen LogP contribution in [0.1, 0.15) is 22.9 Å². The molecule has 0 atom stereocenters. The average molecular weight is 238 g/mol. The predicted octanol–water partition coefficient (Wildman–Crippen LogP) is 1.76. The van der Waals surface area contributed by atoms with Crippen LogP contribution in [0.15, 0.2) is 6.07 Å². The average Bonchev–Trinajstić information content (AvgIpc) is 2.35. The van der Waals surface area contributed by atoms with E-state index in [1.54, 1.807) is 14.2 Å². The molecule has 0 fully saturated rings. The minimum absolute atomic E-state index is 0.0400. The molecule has 0 saturated heterocycles. The van der Waals surface area contributed by atoms with Gasteiger partial charge in [-0.2, -0.15) is 0 Å². The summed E-state index contributed by atoms with van der Waals surface area (Å²) in [4.78, 5) is 0. The van der Waals surface area contributed by atoms with Crippen molar-refractivity contribution in [3.63, 3.8) is 0 Å². The Bertz CT molecular complexity index is 387. The molecule has 1 aromatic carbocycles. The molecule has 0 unspecified atom stereocenters. The molecule has 0 saturated carbocycles. The van der Waals surface area contributed by atoms with Crippen molar-refractivity contribution < 1.29 is 9.47 Å². The topological polar surface area (TPSA) is 42.5 Å². The third kappa shape index (κ3) is 2.53. The van der Waals surface area contributed by atoms with Crippen LogP contribution in [0.4, 0.5) is 0 Å². The quantitative estimate of drug-likeness (QED) is 0.767. The van der Waals surface area contributed by atoms with Crippen LogP contribution in [0.25, 0.3) is 0 Å². The van der Waals surface area contributed by atoms with Gasteiger partial charge in [-0.15, -0.1) is 0 Å². The summed E-state index contributed by atoms with van der Waals surface area (Å²) in [5.74, 6) is 1.78. The molecular weight excluding hydrogens is 216 g/mol. The second-order valence-corrected chi connectivity index (χ2v) is 3.96. The van der Waals surface area contributed by atoms with E-state index in [4.69, 9.17) is 9.47 Å². The minimum atomic E-state index is 0.0400. The van der Waals surface area contributed by atoms with E-state index >= 15 is 0 Å². The molecule has 0 aromatic heterocycles. The molecule has 0 aliphatic rings. The molecule has 2 N–H and O–H groups in total. The van der Waals surface area contributed by atoms with Gasteiger partial charge in [0.05, 0.1) is 20.4 Å². The summed E-state index contributed by atoms with van der Waals surface area (Å²) in [6.45, 7) is 4.08. The Balaban J connectivity index is 3.41. The van der Waals surface area contributed by atoms with E-state index in [0.29, 0.717) is 0 Å². The molecule has 17 heavy (non-hydrogen) atoms. The number of nitrogens with one attached hydrogen (secondary N) is 2. The molecule has 1 rings (SSSR count). The number of hydrogen-bond acceptors (Lipinski definition) is 4. The second-order valence-electron chi connectivity index (χ2n) is 3.96. The SMILES string of the molecule is CNC(NC)c1cc(OC)c(C)c(C)c1OC. The lowest BCUT2D eigenvalue weighted by molar-refractivity contribution is 0.381. The van der Waals surface area contributed by atoms with Gasteiger partial charge in [0.25, 0.3) is 0 Å². The van der Waals surface area contributed by atoms with Gasteiger partial charge in [0.1, 0.15) is 11.5 Å². The summed E-state index contributed by atoms with van der Waals surface area (Å²) in [6.07, 6.45) is 0.0400. The maximum atomic E-state index is 5.51. The number of methoxy groups -OCH3 is 2. The van der Waals surface area contributed by atoms with Crippen LogP contribution in [0.5, 0.6) is 11.5 Å². The lowest BCUT2D eigenvalue weighted by Gasteiger charge is -2.22. The van der Waals surface area contributed by atoms with Gasteiger partial charge in [-0.3, -0.25) is 0 Å². The first-order chi connectivity index (χ1) is 8.10. The van der Waals surface area contributed by atoms with Crippen LogP contribution in [-0.4, -0.2) is 28.3 Å². The molecule has 4 nitrogen and oxygen atoms in total. The molecule has 4 heteroatoms. The summed E-state index contributed by atoms with van der Waals surface area (Å²) in [5, 5.41) is 6.39. The predicted molar refractivity (Wildman–Crippen MR) is 69.9 cm³/mol. The van der Waals surface area contributed by atoms with Crippen molar-refractivity contribution in [2.75, 3.05) is 28.3 Å². The highest BCUT2D eigenvalue weighted by molar-refractivity contribution is 5.53. The summed E-state index contributed by atoms with van der Waals surface area (Å²) in [6, 6.07) is 2.01. The van der Waals surface area contributed by atoms with E-state index in [-0.39, 0.29) is 6.17 Å². The fraction of sp³-hybridized carbons (Fsp3) is 0.538. The van der Waals surface area contributed by atoms with Crippen molar-refractivity contribution in [2.24, 2.45) is 0 Å². The van der Waals surface area contributed by atoms with Crippen LogP contribution in [0, 0.1) is 13.8 Å². The highest BCUT2D eigenvalue weighted by atomic mass is 16.5. The third-order valence-electron chi connectivity index (χ3n) is 3.13. The maximum Gasteiger partial charge on any atom is 0.128 e. The van der Waals surface area contributed by atoms with Gasteiger partial charge in [0, 0.05) is 5.56 Å². The Morgan fingerprint density at radius 1 is 1.00 bits per heavy atom. The van der Waals surface area contributed by atoms with Crippen molar-refractivity contribution in [1.82, 2.24) is 10.6 Å². The first-order valence-corrected chi connectivity index (χ1v) is 5.67. The number of rotatable bonds is 5. The molecule has 0 heterocycles. The van der Waals surface area contributed by atoms with Crippen LogP contribution < -0.4 is 20.1 Å². The highest BCUT2D eigenvalue weighted by Gasteiger charge is 2.18. The molecule has 0 aliphatic carbocycles. The zero-order chi connectivity index (χ0) is 13.0. The molecule has 96 valence electrons. The fourth-order valence-electron chi connectivity index (χ4n) is 2.04. The third-order valence-corrected chi connectivity index (χ3v) is 3.13. The summed E-state index contributed by atoms with van der Waals surface area (Å²) in [7, 11) is 7.19. The Labute approximate surface area is 103 Å². The minimum Gasteiger partial charge on any atom is -0.496 e. The lowest BCUT2D eigenvalue weighted by atomic mass is 10.0. The highest BCUT2D eigenvalue weighted by Crippen LogP contribution is 2.35. The van der Waals surface area contributed by atoms with Gasteiger partial charge in [0.2, 0.25) is 0 Å². The number of hydrogen-bond donors (Lipinski definition) is 2. The van der Waals surface area contributed by atoms with E-state index in [2.05, 4.69) is 10.6 Å². The molecule has 1 aromatic rings. The van der Waals surface area contributed by atoms with Crippen LogP contribution in [-0.2, 0) is 0 Å². The van der Waals surface area contributed by atoms with Gasteiger partial charge in [-0.25, -0.2) is 0 Å². The largest absolute Gasteiger partial charge is 0.496 e. The first-order valence-electron chi connectivity index (χ1n) is 5.67. The van der Waals surface area contributed by atoms with Crippen LogP contribution in [0.3, 0.4) is 0 Å². The van der Waals surface area contributed by atoms with E-state index in [1.165, 1.54) is 0 Å². The Morgan fingerprint density at radius 2 is 1.59 bits per heavy atom. The summed E-state index contributed by atoms with van der Waals surface area (Å²) in [5.41, 5.74) is 3.27. The van der Waals surface area contributed by atoms with Crippen molar-refractivity contribution >= 4 is 0 Å². The first kappa shape index (κ1) is 13.8. The van der Waals surface area contributed by atoms with Crippen molar-refractivity contribution in [3.8, 4) is 11.5 Å². The smallest absolute Gasteiger partial charge is 0.128 e. The lowest BCUT2D eigenvalue weighted by Crippen LogP contribution is -2.29. The van der Waals surface area contributed by atoms with Gasteiger partial charge < -0.3 is 20.1 Å². The van der Waals surface area contributed by atoms with Gasteiger partial charge in [0.15, 0.2) is 0 Å². The normalized spacial score (nSPS) is 10.8. The Kier molecular flexibility index (Phi) is 4.78. The number of ether oxygens (including phenoxy) is 2. The van der Waals surface area contributed by atoms with Crippen molar-refractivity contribution in [3.05, 3.63) is 22.8 Å². The summed E-state index contributed by atoms with van der Waals surface area (Å²) >= 11 is 0. The zero-order valence-electron chi connectivity index (χ0n) is 11.5. The van der Waals surface area contributed by atoms with Gasteiger partial charge in [-0.1, -0.05) is 0 Å². The molecule has 0 amide bonds. The van der Waals surface area contributed by atoms with Gasteiger partial charge in [-0.05, 0) is 45.1 Å². The fourth-order valence-corrected chi connectivity index (χ4v) is 2.04. The van der Waals surface area contributed by atoms with E-state index in [1.807, 2.05) is 34.0 Å². The Hall–Kier alpha value is -1.26. The zero-order valence-corrected chi connectivity index (χ0v) is 11.5. The molecular formula is C13H22N2O2. The van der Waals surface area contributed by atoms with E-state index in [0.717, 1.165) is 28.2 Å². The summed E-state index contributed by atoms with van der Waals surface area (Å²) < 4.78 is 10.9. The van der Waals surface area contributed by atoms with Crippen molar-refractivity contribution in [1.29, 1.82) is 0 Å². The second kappa shape index (κ2) is 5.89. The van der Waals surface area contributed by atoms with E-state index in [9.17, 15) is 0 Å². The molecule has 0 radical (unpaired) electrons. The standard InChI is InChI=1S/C13H22N2O2/c1-8-9(2)12(17-6)10(7-11(8)16-5)13(14-3)15-4/h7,13-15H,1-6H3. The van der Waals surface area contributed by atoms with Gasteiger partial charge >= 0.3 is 0 Å². The molecule has 0 bridgehead atoms. The monoisotopic (exact) mass is 238 g/mol. The van der Waals surface area contributed by atoms with E-state index < -0.39 is 0 Å².